The van der Waals surface area contributed by atoms with E-state index in [4.69, 9.17) is 9.47 Å². The van der Waals surface area contributed by atoms with Gasteiger partial charge in [0.15, 0.2) is 0 Å². The standard InChI is InChI=1S/C12H25NO2/c1-5-14-7-6-13-10-8-11(9-10)15-12(2,3)4/h10-11,13H,5-9H2,1-4H3. The molecule has 0 spiro atoms. The van der Waals surface area contributed by atoms with Crippen LogP contribution in [-0.4, -0.2) is 37.5 Å². The Morgan fingerprint density at radius 3 is 2.47 bits per heavy atom. The number of hydrogen-bond acceptors (Lipinski definition) is 3. The lowest BCUT2D eigenvalue weighted by molar-refractivity contribution is -0.102. The van der Waals surface area contributed by atoms with E-state index in [9.17, 15) is 0 Å². The van der Waals surface area contributed by atoms with E-state index in [1.165, 1.54) is 0 Å². The van der Waals surface area contributed by atoms with Crippen LogP contribution in [-0.2, 0) is 9.47 Å². The fraction of sp³-hybridized carbons (Fsp3) is 1.00. The highest BCUT2D eigenvalue weighted by molar-refractivity contribution is 4.87. The summed E-state index contributed by atoms with van der Waals surface area (Å²) in [6.45, 7) is 11.0. The van der Waals surface area contributed by atoms with E-state index in [-0.39, 0.29) is 5.60 Å². The fourth-order valence-corrected chi connectivity index (χ4v) is 1.81. The minimum atomic E-state index is 0.000951. The maximum atomic E-state index is 5.86. The van der Waals surface area contributed by atoms with E-state index < -0.39 is 0 Å². The second-order valence-electron chi connectivity index (χ2n) is 5.17. The molecule has 1 fully saturated rings. The summed E-state index contributed by atoms with van der Waals surface area (Å²) < 4.78 is 11.1. The van der Waals surface area contributed by atoms with Gasteiger partial charge in [-0.2, -0.15) is 0 Å². The smallest absolute Gasteiger partial charge is 0.0612 e. The van der Waals surface area contributed by atoms with Crippen molar-refractivity contribution in [3.8, 4) is 0 Å². The number of nitrogens with one attached hydrogen (secondary N) is 1. The number of hydrogen-bond donors (Lipinski definition) is 1. The molecule has 1 aliphatic carbocycles. The van der Waals surface area contributed by atoms with Gasteiger partial charge in [-0.15, -0.1) is 0 Å². The first-order valence-corrected chi connectivity index (χ1v) is 6.00. The van der Waals surface area contributed by atoms with Crippen LogP contribution < -0.4 is 5.32 Å². The third kappa shape index (κ3) is 5.50. The van der Waals surface area contributed by atoms with Gasteiger partial charge in [-0.05, 0) is 40.5 Å². The topological polar surface area (TPSA) is 30.5 Å². The first kappa shape index (κ1) is 12.9. The average Bonchev–Trinajstić information content (AvgIpc) is 2.05. The van der Waals surface area contributed by atoms with Crippen LogP contribution in [0.4, 0.5) is 0 Å². The zero-order valence-electron chi connectivity index (χ0n) is 10.5. The van der Waals surface area contributed by atoms with Gasteiger partial charge in [0.25, 0.3) is 0 Å². The van der Waals surface area contributed by atoms with Crippen LogP contribution in [0.5, 0.6) is 0 Å². The maximum Gasteiger partial charge on any atom is 0.0612 e. The Balaban J connectivity index is 1.96. The predicted octanol–water partition coefficient (Wildman–Crippen LogP) is 1.96. The molecule has 0 atom stereocenters. The van der Waals surface area contributed by atoms with Crippen LogP contribution in [0, 0.1) is 0 Å². The first-order chi connectivity index (χ1) is 7.01. The average molecular weight is 215 g/mol. The maximum absolute atomic E-state index is 5.86. The Morgan fingerprint density at radius 1 is 1.27 bits per heavy atom. The van der Waals surface area contributed by atoms with Crippen molar-refractivity contribution in [2.45, 2.75) is 58.3 Å². The summed E-state index contributed by atoms with van der Waals surface area (Å²) in [6, 6.07) is 0.637. The van der Waals surface area contributed by atoms with Gasteiger partial charge in [0, 0.05) is 19.2 Å². The summed E-state index contributed by atoms with van der Waals surface area (Å²) in [4.78, 5) is 0. The molecule has 3 nitrogen and oxygen atoms in total. The van der Waals surface area contributed by atoms with Crippen LogP contribution >= 0.6 is 0 Å². The summed E-state index contributed by atoms with van der Waals surface area (Å²) in [6.07, 6.45) is 2.74. The Bertz CT molecular complexity index is 171. The third-order valence-corrected chi connectivity index (χ3v) is 2.50. The van der Waals surface area contributed by atoms with Gasteiger partial charge < -0.3 is 14.8 Å². The van der Waals surface area contributed by atoms with Gasteiger partial charge in [0.2, 0.25) is 0 Å². The second-order valence-corrected chi connectivity index (χ2v) is 5.17. The molecule has 0 aliphatic heterocycles. The SMILES string of the molecule is CCOCCNC1CC(OC(C)(C)C)C1. The van der Waals surface area contributed by atoms with Crippen molar-refractivity contribution < 1.29 is 9.47 Å². The third-order valence-electron chi connectivity index (χ3n) is 2.50. The molecular weight excluding hydrogens is 190 g/mol. The van der Waals surface area contributed by atoms with Gasteiger partial charge in [0.05, 0.1) is 18.3 Å². The minimum Gasteiger partial charge on any atom is -0.380 e. The first-order valence-electron chi connectivity index (χ1n) is 6.00. The van der Waals surface area contributed by atoms with E-state index in [1.54, 1.807) is 0 Å². The molecule has 0 aromatic heterocycles. The molecular formula is C12H25NO2. The highest BCUT2D eigenvalue weighted by atomic mass is 16.5. The molecule has 0 saturated heterocycles. The van der Waals surface area contributed by atoms with E-state index >= 15 is 0 Å². The van der Waals surface area contributed by atoms with Gasteiger partial charge >= 0.3 is 0 Å². The Hall–Kier alpha value is -0.120. The molecule has 1 aliphatic rings. The molecule has 90 valence electrons. The van der Waals surface area contributed by atoms with Crippen LogP contribution in [0.1, 0.15) is 40.5 Å². The van der Waals surface area contributed by atoms with Crippen LogP contribution in [0.25, 0.3) is 0 Å². The van der Waals surface area contributed by atoms with Crippen molar-refractivity contribution in [1.29, 1.82) is 0 Å². The van der Waals surface area contributed by atoms with Gasteiger partial charge in [-0.25, -0.2) is 0 Å². The van der Waals surface area contributed by atoms with Crippen LogP contribution in [0.3, 0.4) is 0 Å². The molecule has 3 heteroatoms. The molecule has 0 amide bonds. The summed E-state index contributed by atoms with van der Waals surface area (Å²) in [5, 5.41) is 3.46. The normalized spacial score (nSPS) is 26.4. The van der Waals surface area contributed by atoms with Crippen molar-refractivity contribution >= 4 is 0 Å². The summed E-state index contributed by atoms with van der Waals surface area (Å²) >= 11 is 0. The number of ether oxygens (including phenoxy) is 2. The zero-order chi connectivity index (χ0) is 11.3. The molecule has 1 saturated carbocycles. The van der Waals surface area contributed by atoms with E-state index in [0.29, 0.717) is 12.1 Å². The fourth-order valence-electron chi connectivity index (χ4n) is 1.81. The van der Waals surface area contributed by atoms with Crippen LogP contribution in [0.2, 0.25) is 0 Å². The Labute approximate surface area is 93.5 Å². The molecule has 15 heavy (non-hydrogen) atoms. The predicted molar refractivity (Wildman–Crippen MR) is 62.1 cm³/mol. The molecule has 1 rings (SSSR count). The van der Waals surface area contributed by atoms with Gasteiger partial charge in [0.1, 0.15) is 0 Å². The largest absolute Gasteiger partial charge is 0.380 e. The van der Waals surface area contributed by atoms with Gasteiger partial charge in [-0.1, -0.05) is 0 Å². The van der Waals surface area contributed by atoms with Crippen molar-refractivity contribution in [2.75, 3.05) is 19.8 Å². The number of rotatable bonds is 6. The molecule has 0 heterocycles. The minimum absolute atomic E-state index is 0.000951. The Morgan fingerprint density at radius 2 is 1.93 bits per heavy atom. The van der Waals surface area contributed by atoms with E-state index in [2.05, 4.69) is 26.1 Å². The lowest BCUT2D eigenvalue weighted by Crippen LogP contribution is -2.48. The molecule has 0 aromatic rings. The monoisotopic (exact) mass is 215 g/mol. The van der Waals surface area contributed by atoms with Crippen molar-refractivity contribution in [2.24, 2.45) is 0 Å². The summed E-state index contributed by atoms with van der Waals surface area (Å²) in [5.74, 6) is 0. The van der Waals surface area contributed by atoms with Crippen LogP contribution in [0.15, 0.2) is 0 Å². The second kappa shape index (κ2) is 5.83. The zero-order valence-corrected chi connectivity index (χ0v) is 10.5. The highest BCUT2D eigenvalue weighted by Gasteiger charge is 2.32. The van der Waals surface area contributed by atoms with E-state index in [0.717, 1.165) is 32.6 Å². The molecule has 1 N–H and O–H groups in total. The molecule has 0 unspecified atom stereocenters. The highest BCUT2D eigenvalue weighted by Crippen LogP contribution is 2.27. The van der Waals surface area contributed by atoms with Crippen molar-refractivity contribution in [3.63, 3.8) is 0 Å². The summed E-state index contributed by atoms with van der Waals surface area (Å²) in [7, 11) is 0. The summed E-state index contributed by atoms with van der Waals surface area (Å²) in [5.41, 5.74) is 0.000951. The Kier molecular flexibility index (Phi) is 5.03. The van der Waals surface area contributed by atoms with Crippen molar-refractivity contribution in [3.05, 3.63) is 0 Å². The molecule has 0 radical (unpaired) electrons. The lowest BCUT2D eigenvalue weighted by atomic mass is 9.88. The molecule has 0 aromatic carbocycles. The van der Waals surface area contributed by atoms with Gasteiger partial charge in [-0.3, -0.25) is 0 Å². The van der Waals surface area contributed by atoms with Crippen molar-refractivity contribution in [1.82, 2.24) is 5.32 Å². The molecule has 0 bridgehead atoms. The quantitative estimate of drug-likeness (QED) is 0.687. The lowest BCUT2D eigenvalue weighted by Gasteiger charge is -2.39. The van der Waals surface area contributed by atoms with E-state index in [1.807, 2.05) is 6.92 Å².